The number of nitrogens with zero attached hydrogens (tertiary/aromatic N) is 1. The third-order valence-electron chi connectivity index (χ3n) is 4.74. The maximum atomic E-state index is 11.8. The van der Waals surface area contributed by atoms with Crippen molar-refractivity contribution in [1.29, 1.82) is 0 Å². The van der Waals surface area contributed by atoms with Gasteiger partial charge in [0.05, 0.1) is 0 Å². The molecule has 0 spiro atoms. The van der Waals surface area contributed by atoms with Gasteiger partial charge in [-0.1, -0.05) is 54.4 Å². The van der Waals surface area contributed by atoms with Crippen LogP contribution in [0.3, 0.4) is 0 Å². The van der Waals surface area contributed by atoms with E-state index in [-0.39, 0.29) is 5.56 Å². The Morgan fingerprint density at radius 1 is 1.05 bits per heavy atom. The summed E-state index contributed by atoms with van der Waals surface area (Å²) in [6, 6.07) is 3.50. The third-order valence-corrected chi connectivity index (χ3v) is 11.0. The topological polar surface area (TPSA) is 22.0 Å². The van der Waals surface area contributed by atoms with E-state index >= 15 is 0 Å². The predicted molar refractivity (Wildman–Crippen MR) is 98.9 cm³/mol. The lowest BCUT2D eigenvalue weighted by atomic mass is 10.3. The van der Waals surface area contributed by atoms with Crippen LogP contribution in [0.5, 0.6) is 0 Å². The van der Waals surface area contributed by atoms with Crippen LogP contribution < -0.4 is 5.56 Å². The number of hydrogen-bond acceptors (Lipinski definition) is 1. The minimum atomic E-state index is -1.71. The van der Waals surface area contributed by atoms with E-state index in [1.807, 2.05) is 12.3 Å². The molecule has 0 saturated heterocycles. The molecule has 1 aromatic heterocycles. The first-order valence-electron chi connectivity index (χ1n) is 8.49. The maximum absolute atomic E-state index is 11.8. The Morgan fingerprint density at radius 3 is 2.05 bits per heavy atom. The van der Waals surface area contributed by atoms with E-state index in [4.69, 9.17) is 0 Å². The van der Waals surface area contributed by atoms with E-state index in [0.717, 1.165) is 18.5 Å². The molecule has 0 aliphatic rings. The fourth-order valence-electron chi connectivity index (χ4n) is 3.63. The molecule has 3 heteroatoms. The van der Waals surface area contributed by atoms with E-state index in [0.29, 0.717) is 16.6 Å². The zero-order valence-corrected chi connectivity index (χ0v) is 16.2. The summed E-state index contributed by atoms with van der Waals surface area (Å²) in [5, 5.41) is 0. The molecule has 1 aromatic rings. The SMILES string of the molecule is CCCn1cc(C#C[Si](C(C)C)(C(C)C)C(C)C)ccc1=O. The first kappa shape index (κ1) is 18.8. The number of pyridine rings is 1. The molecule has 0 radical (unpaired) electrons. The fourth-order valence-corrected chi connectivity index (χ4v) is 8.86. The van der Waals surface area contributed by atoms with Crippen molar-refractivity contribution >= 4 is 8.07 Å². The zero-order valence-electron chi connectivity index (χ0n) is 15.2. The van der Waals surface area contributed by atoms with Gasteiger partial charge in [0.1, 0.15) is 8.07 Å². The highest BCUT2D eigenvalue weighted by atomic mass is 28.3. The first-order valence-corrected chi connectivity index (χ1v) is 10.7. The molecular weight excluding hydrogens is 286 g/mol. The molecule has 0 aromatic carbocycles. The molecule has 0 saturated carbocycles. The highest BCUT2D eigenvalue weighted by Crippen LogP contribution is 2.40. The molecule has 0 aliphatic carbocycles. The van der Waals surface area contributed by atoms with Crippen LogP contribution in [0.15, 0.2) is 23.1 Å². The normalized spacial score (nSPS) is 11.9. The molecule has 0 unspecified atom stereocenters. The van der Waals surface area contributed by atoms with Gasteiger partial charge in [-0.05, 0) is 29.1 Å². The molecule has 22 heavy (non-hydrogen) atoms. The quantitative estimate of drug-likeness (QED) is 0.563. The second-order valence-corrected chi connectivity index (χ2v) is 12.7. The Hall–Kier alpha value is -1.27. The standard InChI is InChI=1S/C19H31NOSi/c1-8-12-20-14-18(9-10-19(20)21)11-13-22(15(2)3,16(4)5)17(6)7/h9-10,14-17H,8,12H2,1-7H3. The van der Waals surface area contributed by atoms with Gasteiger partial charge in [-0.3, -0.25) is 4.79 Å². The smallest absolute Gasteiger partial charge is 0.250 e. The Morgan fingerprint density at radius 2 is 1.59 bits per heavy atom. The fraction of sp³-hybridized carbons (Fsp3) is 0.632. The largest absolute Gasteiger partial charge is 0.314 e. The number of hydrogen-bond donors (Lipinski definition) is 0. The average molecular weight is 318 g/mol. The van der Waals surface area contributed by atoms with Gasteiger partial charge in [-0.2, -0.15) is 0 Å². The minimum absolute atomic E-state index is 0.0625. The molecule has 0 fully saturated rings. The van der Waals surface area contributed by atoms with Crippen LogP contribution in [0.1, 0.15) is 60.5 Å². The molecule has 0 bridgehead atoms. The second-order valence-electron chi connectivity index (χ2n) is 7.10. The predicted octanol–water partition coefficient (Wildman–Crippen LogP) is 4.83. The number of aryl methyl sites for hydroxylation is 1. The lowest BCUT2D eigenvalue weighted by molar-refractivity contribution is 0.653. The lowest BCUT2D eigenvalue weighted by Crippen LogP contribution is -2.43. The Labute approximate surface area is 137 Å². The average Bonchev–Trinajstić information content (AvgIpc) is 2.42. The summed E-state index contributed by atoms with van der Waals surface area (Å²) in [6.07, 6.45) is 2.87. The summed E-state index contributed by atoms with van der Waals surface area (Å²) in [7, 11) is -1.71. The minimum Gasteiger partial charge on any atom is -0.314 e. The van der Waals surface area contributed by atoms with Gasteiger partial charge in [-0.15, -0.1) is 5.54 Å². The summed E-state index contributed by atoms with van der Waals surface area (Å²) in [6.45, 7) is 16.8. The van der Waals surface area contributed by atoms with Gasteiger partial charge in [0, 0.05) is 24.4 Å². The van der Waals surface area contributed by atoms with Crippen LogP contribution in [0.2, 0.25) is 16.6 Å². The van der Waals surface area contributed by atoms with Crippen molar-refractivity contribution in [3.63, 3.8) is 0 Å². The zero-order chi connectivity index (χ0) is 16.9. The molecule has 0 N–H and O–H groups in total. The lowest BCUT2D eigenvalue weighted by Gasteiger charge is -2.38. The summed E-state index contributed by atoms with van der Waals surface area (Å²) >= 11 is 0. The number of aromatic nitrogens is 1. The Bertz CT molecular complexity index is 580. The van der Waals surface area contributed by atoms with Crippen LogP contribution in [-0.2, 0) is 6.54 Å². The molecular formula is C19H31NOSi. The maximum Gasteiger partial charge on any atom is 0.250 e. The van der Waals surface area contributed by atoms with Crippen LogP contribution >= 0.6 is 0 Å². The molecule has 0 aliphatic heterocycles. The van der Waals surface area contributed by atoms with Crippen LogP contribution in [-0.4, -0.2) is 12.6 Å². The second kappa shape index (κ2) is 7.83. The van der Waals surface area contributed by atoms with Gasteiger partial charge in [0.15, 0.2) is 0 Å². The van der Waals surface area contributed by atoms with E-state index in [1.54, 1.807) is 10.6 Å². The van der Waals surface area contributed by atoms with Gasteiger partial charge >= 0.3 is 0 Å². The summed E-state index contributed by atoms with van der Waals surface area (Å²) in [4.78, 5) is 11.8. The monoisotopic (exact) mass is 317 g/mol. The van der Waals surface area contributed by atoms with Crippen molar-refractivity contribution in [2.45, 2.75) is 78.1 Å². The molecule has 2 nitrogen and oxygen atoms in total. The van der Waals surface area contributed by atoms with E-state index < -0.39 is 8.07 Å². The van der Waals surface area contributed by atoms with Crippen molar-refractivity contribution in [3.8, 4) is 11.5 Å². The van der Waals surface area contributed by atoms with Crippen molar-refractivity contribution in [2.75, 3.05) is 0 Å². The molecule has 0 amide bonds. The van der Waals surface area contributed by atoms with E-state index in [2.05, 4.69) is 59.9 Å². The van der Waals surface area contributed by atoms with Gasteiger partial charge in [-0.25, -0.2) is 0 Å². The van der Waals surface area contributed by atoms with Crippen LogP contribution in [0.4, 0.5) is 0 Å². The molecule has 122 valence electrons. The summed E-state index contributed by atoms with van der Waals surface area (Å²) in [5.41, 5.74) is 6.62. The van der Waals surface area contributed by atoms with Crippen molar-refractivity contribution in [2.24, 2.45) is 0 Å². The molecule has 1 heterocycles. The Balaban J connectivity index is 3.29. The van der Waals surface area contributed by atoms with Gasteiger partial charge in [0.25, 0.3) is 5.56 Å². The summed E-state index contributed by atoms with van der Waals surface area (Å²) < 4.78 is 1.77. The van der Waals surface area contributed by atoms with E-state index in [1.165, 1.54) is 0 Å². The van der Waals surface area contributed by atoms with Gasteiger partial charge in [0.2, 0.25) is 0 Å². The van der Waals surface area contributed by atoms with Crippen LogP contribution in [0.25, 0.3) is 0 Å². The third kappa shape index (κ3) is 3.92. The molecule has 0 atom stereocenters. The summed E-state index contributed by atoms with van der Waals surface area (Å²) in [5.74, 6) is 3.41. The van der Waals surface area contributed by atoms with Crippen LogP contribution in [0, 0.1) is 11.5 Å². The highest BCUT2D eigenvalue weighted by molar-refractivity contribution is 6.90. The highest BCUT2D eigenvalue weighted by Gasteiger charge is 2.41. The molecule has 1 rings (SSSR count). The van der Waals surface area contributed by atoms with Crippen molar-refractivity contribution < 1.29 is 0 Å². The van der Waals surface area contributed by atoms with Crippen molar-refractivity contribution in [3.05, 3.63) is 34.2 Å². The first-order chi connectivity index (χ1) is 10.3. The number of rotatable bonds is 5. The Kier molecular flexibility index (Phi) is 6.68. The van der Waals surface area contributed by atoms with Gasteiger partial charge < -0.3 is 4.57 Å². The van der Waals surface area contributed by atoms with E-state index in [9.17, 15) is 4.79 Å². The van der Waals surface area contributed by atoms with Crippen molar-refractivity contribution in [1.82, 2.24) is 4.57 Å².